The number of aromatic nitrogens is 3. The molecular formula is C14H14N6O2. The number of fused-ring (bicyclic) bond motifs is 1. The molecule has 0 unspecified atom stereocenters. The number of nitrogens with zero attached hydrogens (tertiary/aromatic N) is 2. The summed E-state index contributed by atoms with van der Waals surface area (Å²) in [6.07, 6.45) is 4.13. The van der Waals surface area contributed by atoms with E-state index < -0.39 is 6.03 Å². The minimum absolute atomic E-state index is 0.402. The van der Waals surface area contributed by atoms with Crippen molar-refractivity contribution in [3.63, 3.8) is 0 Å². The number of hydrogen-bond donors (Lipinski definition) is 4. The smallest absolute Gasteiger partial charge is 0.326 e. The number of H-pyrrole nitrogens is 1. The largest absolute Gasteiger partial charge is 0.351 e. The normalized spacial score (nSPS) is 9.68. The number of primary amides is 1. The number of para-hydroxylation sites is 1. The van der Waals surface area contributed by atoms with Crippen LogP contribution < -0.4 is 17.0 Å². The van der Waals surface area contributed by atoms with Crippen LogP contribution in [0.2, 0.25) is 0 Å². The van der Waals surface area contributed by atoms with E-state index in [2.05, 4.69) is 26.5 Å². The van der Waals surface area contributed by atoms with Gasteiger partial charge in [-0.25, -0.2) is 20.6 Å². The first-order valence-electron chi connectivity index (χ1n) is 6.26. The summed E-state index contributed by atoms with van der Waals surface area (Å²) < 4.78 is 0. The zero-order chi connectivity index (χ0) is 15.9. The van der Waals surface area contributed by atoms with E-state index in [1.165, 1.54) is 0 Å². The highest BCUT2D eigenvalue weighted by molar-refractivity contribution is 5.91. The lowest BCUT2D eigenvalue weighted by Crippen LogP contribution is -2.34. The standard InChI is InChI=1S/C13H9N3O.CH5N3O/c17-8-12-10(13-14-5-6-15-13)7-9-3-1-2-4-11(9)16-12;2-1(5)4-3/h1-8H,(H,14,15);3H2,(H3,2,4,5). The van der Waals surface area contributed by atoms with Crippen LogP contribution in [0.3, 0.4) is 0 Å². The highest BCUT2D eigenvalue weighted by Crippen LogP contribution is 2.22. The molecule has 0 fully saturated rings. The van der Waals surface area contributed by atoms with Crippen molar-refractivity contribution in [3.8, 4) is 11.4 Å². The van der Waals surface area contributed by atoms with Crippen LogP contribution in [0.5, 0.6) is 0 Å². The van der Waals surface area contributed by atoms with Crippen molar-refractivity contribution in [3.05, 3.63) is 48.4 Å². The Hall–Kier alpha value is -3.26. The third kappa shape index (κ3) is 3.44. The highest BCUT2D eigenvalue weighted by atomic mass is 16.2. The molecule has 8 nitrogen and oxygen atoms in total. The Balaban J connectivity index is 0.000000309. The maximum Gasteiger partial charge on any atom is 0.326 e. The van der Waals surface area contributed by atoms with E-state index in [9.17, 15) is 9.59 Å². The molecular weight excluding hydrogens is 284 g/mol. The number of nitrogens with two attached hydrogens (primary N) is 2. The molecule has 3 rings (SSSR count). The number of rotatable bonds is 2. The van der Waals surface area contributed by atoms with Gasteiger partial charge in [0.05, 0.1) is 5.52 Å². The fraction of sp³-hybridized carbons (Fsp3) is 0. The highest BCUT2D eigenvalue weighted by Gasteiger charge is 2.09. The van der Waals surface area contributed by atoms with Crippen LogP contribution in [0, 0.1) is 0 Å². The minimum Gasteiger partial charge on any atom is -0.351 e. The second-order valence-electron chi connectivity index (χ2n) is 4.18. The van der Waals surface area contributed by atoms with Crippen LogP contribution >= 0.6 is 0 Å². The summed E-state index contributed by atoms with van der Waals surface area (Å²) in [5.74, 6) is 5.10. The second-order valence-corrected chi connectivity index (χ2v) is 4.18. The van der Waals surface area contributed by atoms with Gasteiger partial charge < -0.3 is 10.7 Å². The topological polar surface area (TPSA) is 140 Å². The summed E-state index contributed by atoms with van der Waals surface area (Å²) in [6, 6.07) is 8.89. The van der Waals surface area contributed by atoms with Gasteiger partial charge in [-0.3, -0.25) is 10.2 Å². The molecule has 0 saturated heterocycles. The first-order chi connectivity index (χ1) is 10.7. The molecule has 2 heterocycles. The van der Waals surface area contributed by atoms with Gasteiger partial charge in [0.15, 0.2) is 6.29 Å². The Kier molecular flexibility index (Phi) is 4.78. The zero-order valence-corrected chi connectivity index (χ0v) is 11.5. The molecule has 3 aromatic rings. The first kappa shape index (κ1) is 15.1. The maximum absolute atomic E-state index is 11.1. The van der Waals surface area contributed by atoms with Gasteiger partial charge in [-0.1, -0.05) is 18.2 Å². The lowest BCUT2D eigenvalue weighted by molar-refractivity contribution is 0.112. The van der Waals surface area contributed by atoms with Crippen LogP contribution in [0.25, 0.3) is 22.3 Å². The van der Waals surface area contributed by atoms with Gasteiger partial charge in [0, 0.05) is 23.3 Å². The van der Waals surface area contributed by atoms with Crippen molar-refractivity contribution >= 4 is 23.2 Å². The number of carbonyl (C=O) groups excluding carboxylic acids is 2. The number of nitrogens with one attached hydrogen (secondary N) is 2. The lowest BCUT2D eigenvalue weighted by atomic mass is 10.1. The number of hydrazine groups is 1. The summed E-state index contributed by atoms with van der Waals surface area (Å²) >= 11 is 0. The van der Waals surface area contributed by atoms with Gasteiger partial charge in [0.2, 0.25) is 0 Å². The molecule has 2 amide bonds. The van der Waals surface area contributed by atoms with Gasteiger partial charge in [-0.15, -0.1) is 0 Å². The average Bonchev–Trinajstić information content (AvgIpc) is 3.08. The van der Waals surface area contributed by atoms with Crippen molar-refractivity contribution in [2.24, 2.45) is 11.6 Å². The number of pyridine rings is 1. The van der Waals surface area contributed by atoms with Crippen LogP contribution in [0.15, 0.2) is 42.7 Å². The van der Waals surface area contributed by atoms with Gasteiger partial charge in [-0.2, -0.15) is 0 Å². The number of benzene rings is 1. The number of urea groups is 1. The Bertz CT molecular complexity index is 785. The molecule has 2 aromatic heterocycles. The molecule has 0 radical (unpaired) electrons. The van der Waals surface area contributed by atoms with E-state index in [1.807, 2.05) is 30.3 Å². The molecule has 0 atom stereocenters. The van der Waals surface area contributed by atoms with E-state index >= 15 is 0 Å². The second kappa shape index (κ2) is 6.95. The Morgan fingerprint density at radius 2 is 2.05 bits per heavy atom. The number of hydrogen-bond acceptors (Lipinski definition) is 5. The van der Waals surface area contributed by atoms with E-state index in [0.717, 1.165) is 22.8 Å². The summed E-state index contributed by atoms with van der Waals surface area (Å²) in [7, 11) is 0. The quantitative estimate of drug-likeness (QED) is 0.241. The monoisotopic (exact) mass is 298 g/mol. The number of aromatic amines is 1. The fourth-order valence-corrected chi connectivity index (χ4v) is 1.82. The Morgan fingerprint density at radius 1 is 1.32 bits per heavy atom. The van der Waals surface area contributed by atoms with Crippen molar-refractivity contribution in [1.29, 1.82) is 0 Å². The molecule has 0 aliphatic carbocycles. The van der Waals surface area contributed by atoms with E-state index in [0.29, 0.717) is 11.5 Å². The van der Waals surface area contributed by atoms with Crippen molar-refractivity contribution in [2.45, 2.75) is 0 Å². The van der Waals surface area contributed by atoms with E-state index in [4.69, 9.17) is 0 Å². The molecule has 0 aliphatic rings. The SMILES string of the molecule is NNC(N)=O.O=Cc1nc2ccccc2cc1-c1ncc[nH]1. The minimum atomic E-state index is -0.718. The van der Waals surface area contributed by atoms with Crippen molar-refractivity contribution in [1.82, 2.24) is 20.4 Å². The third-order valence-corrected chi connectivity index (χ3v) is 2.76. The molecule has 0 spiro atoms. The number of imidazole rings is 1. The molecule has 6 N–H and O–H groups in total. The lowest BCUT2D eigenvalue weighted by Gasteiger charge is -2.03. The Morgan fingerprint density at radius 3 is 2.64 bits per heavy atom. The Labute approximate surface area is 125 Å². The fourth-order valence-electron chi connectivity index (χ4n) is 1.82. The predicted octanol–water partition coefficient (Wildman–Crippen LogP) is 0.966. The summed E-state index contributed by atoms with van der Waals surface area (Å²) in [6.45, 7) is 0. The summed E-state index contributed by atoms with van der Waals surface area (Å²) in [5.41, 5.74) is 8.02. The first-order valence-corrected chi connectivity index (χ1v) is 6.26. The molecule has 22 heavy (non-hydrogen) atoms. The van der Waals surface area contributed by atoms with Crippen LogP contribution in [0.4, 0.5) is 4.79 Å². The molecule has 0 bridgehead atoms. The molecule has 0 saturated carbocycles. The van der Waals surface area contributed by atoms with Crippen molar-refractivity contribution < 1.29 is 9.59 Å². The molecule has 112 valence electrons. The molecule has 8 heteroatoms. The number of aldehydes is 1. The van der Waals surface area contributed by atoms with Gasteiger partial charge >= 0.3 is 6.03 Å². The van der Waals surface area contributed by atoms with E-state index in [1.54, 1.807) is 17.8 Å². The van der Waals surface area contributed by atoms with Crippen molar-refractivity contribution in [2.75, 3.05) is 0 Å². The number of carbonyl (C=O) groups is 2. The van der Waals surface area contributed by atoms with E-state index in [-0.39, 0.29) is 0 Å². The van der Waals surface area contributed by atoms with Crippen LogP contribution in [-0.2, 0) is 0 Å². The van der Waals surface area contributed by atoms with Crippen LogP contribution in [0.1, 0.15) is 10.5 Å². The summed E-state index contributed by atoms with van der Waals surface area (Å²) in [5, 5.41) is 0.990. The molecule has 1 aromatic carbocycles. The van der Waals surface area contributed by atoms with Gasteiger partial charge in [-0.05, 0) is 12.1 Å². The zero-order valence-electron chi connectivity index (χ0n) is 11.5. The number of amides is 2. The van der Waals surface area contributed by atoms with Gasteiger partial charge in [0.1, 0.15) is 11.5 Å². The summed E-state index contributed by atoms with van der Waals surface area (Å²) in [4.78, 5) is 31.9. The third-order valence-electron chi connectivity index (χ3n) is 2.76. The predicted molar refractivity (Wildman–Crippen MR) is 81.6 cm³/mol. The van der Waals surface area contributed by atoms with Gasteiger partial charge in [0.25, 0.3) is 0 Å². The van der Waals surface area contributed by atoms with Crippen LogP contribution in [-0.4, -0.2) is 27.3 Å². The molecule has 0 aliphatic heterocycles. The average molecular weight is 298 g/mol. The maximum atomic E-state index is 11.1.